The number of sulfonamides is 1. The molecule has 0 unspecified atom stereocenters. The van der Waals surface area contributed by atoms with Crippen LogP contribution in [0.2, 0.25) is 5.02 Å². The summed E-state index contributed by atoms with van der Waals surface area (Å²) in [7, 11) is -4.02. The van der Waals surface area contributed by atoms with Crippen molar-refractivity contribution in [2.45, 2.75) is 30.2 Å². The quantitative estimate of drug-likeness (QED) is 0.588. The maximum absolute atomic E-state index is 12.6. The minimum atomic E-state index is -4.02. The first-order chi connectivity index (χ1) is 9.87. The highest BCUT2D eigenvalue weighted by Crippen LogP contribution is 2.35. The zero-order chi connectivity index (χ0) is 15.6. The molecule has 1 aliphatic carbocycles. The first-order valence-corrected chi connectivity index (χ1v) is 8.02. The molecule has 0 aliphatic heterocycles. The maximum atomic E-state index is 12.6. The molecule has 0 bridgehead atoms. The third-order valence-corrected chi connectivity index (χ3v) is 5.34. The van der Waals surface area contributed by atoms with Crippen molar-refractivity contribution in [2.75, 3.05) is 6.54 Å². The van der Waals surface area contributed by atoms with Gasteiger partial charge in [-0.1, -0.05) is 11.6 Å². The minimum absolute atomic E-state index is 0.0310. The van der Waals surface area contributed by atoms with E-state index in [-0.39, 0.29) is 28.9 Å². The molecule has 0 N–H and O–H groups in total. The lowest BCUT2D eigenvalue weighted by molar-refractivity contribution is -0.387. The van der Waals surface area contributed by atoms with Crippen LogP contribution in [-0.2, 0) is 10.0 Å². The van der Waals surface area contributed by atoms with Gasteiger partial charge in [-0.3, -0.25) is 10.1 Å². The molecule has 0 saturated heterocycles. The van der Waals surface area contributed by atoms with Crippen molar-refractivity contribution in [1.29, 1.82) is 5.26 Å². The Morgan fingerprint density at radius 1 is 1.48 bits per heavy atom. The van der Waals surface area contributed by atoms with Gasteiger partial charge in [0.05, 0.1) is 11.0 Å². The molecule has 1 aromatic rings. The van der Waals surface area contributed by atoms with Crippen LogP contribution in [0.25, 0.3) is 0 Å². The van der Waals surface area contributed by atoms with E-state index < -0.39 is 20.6 Å². The van der Waals surface area contributed by atoms with Gasteiger partial charge in [0.2, 0.25) is 10.0 Å². The number of hydrogen-bond donors (Lipinski definition) is 0. The van der Waals surface area contributed by atoms with Crippen LogP contribution in [0.1, 0.15) is 19.3 Å². The molecule has 2 rings (SSSR count). The molecular weight excluding hydrogens is 318 g/mol. The third-order valence-electron chi connectivity index (χ3n) is 3.10. The summed E-state index contributed by atoms with van der Waals surface area (Å²) in [5.41, 5.74) is -0.551. The molecule has 1 aliphatic rings. The number of hydrogen-bond acceptors (Lipinski definition) is 5. The van der Waals surface area contributed by atoms with Crippen LogP contribution in [0.5, 0.6) is 0 Å². The van der Waals surface area contributed by atoms with Gasteiger partial charge < -0.3 is 0 Å². The van der Waals surface area contributed by atoms with Crippen LogP contribution in [0.4, 0.5) is 5.69 Å². The first-order valence-electron chi connectivity index (χ1n) is 6.20. The third kappa shape index (κ3) is 3.32. The molecule has 1 fully saturated rings. The SMILES string of the molecule is N#CCCN(C1CC1)S(=O)(=O)c1ccc(Cl)cc1[N+](=O)[O-]. The number of rotatable bonds is 6. The highest BCUT2D eigenvalue weighted by molar-refractivity contribution is 7.89. The lowest BCUT2D eigenvalue weighted by atomic mass is 10.3. The molecule has 0 radical (unpaired) electrons. The largest absolute Gasteiger partial charge is 0.290 e. The van der Waals surface area contributed by atoms with Gasteiger partial charge in [0.1, 0.15) is 0 Å². The highest BCUT2D eigenvalue weighted by atomic mass is 35.5. The van der Waals surface area contributed by atoms with E-state index in [2.05, 4.69) is 0 Å². The molecule has 0 spiro atoms. The van der Waals surface area contributed by atoms with Crippen LogP contribution in [0, 0.1) is 21.4 Å². The van der Waals surface area contributed by atoms with E-state index in [1.807, 2.05) is 6.07 Å². The van der Waals surface area contributed by atoms with Crippen molar-refractivity contribution >= 4 is 27.3 Å². The van der Waals surface area contributed by atoms with Crippen LogP contribution in [-0.4, -0.2) is 30.2 Å². The summed E-state index contributed by atoms with van der Waals surface area (Å²) in [6, 6.07) is 5.16. The molecule has 0 heterocycles. The van der Waals surface area contributed by atoms with Crippen LogP contribution >= 0.6 is 11.6 Å². The number of benzene rings is 1. The van der Waals surface area contributed by atoms with Crippen molar-refractivity contribution in [1.82, 2.24) is 4.31 Å². The average molecular weight is 330 g/mol. The molecule has 1 aromatic carbocycles. The molecule has 21 heavy (non-hydrogen) atoms. The predicted molar refractivity (Wildman–Crippen MR) is 75.3 cm³/mol. The predicted octanol–water partition coefficient (Wildman–Crippen LogP) is 2.31. The number of nitro groups is 1. The lowest BCUT2D eigenvalue weighted by Crippen LogP contribution is -2.34. The molecule has 1 saturated carbocycles. The highest BCUT2D eigenvalue weighted by Gasteiger charge is 2.40. The summed E-state index contributed by atoms with van der Waals surface area (Å²) in [4.78, 5) is 9.90. The van der Waals surface area contributed by atoms with E-state index in [1.54, 1.807) is 0 Å². The Balaban J connectivity index is 2.47. The Bertz CT molecular complexity index is 710. The topological polar surface area (TPSA) is 104 Å². The molecule has 7 nitrogen and oxygen atoms in total. The van der Waals surface area contributed by atoms with Crippen molar-refractivity contribution in [3.63, 3.8) is 0 Å². The van der Waals surface area contributed by atoms with Crippen LogP contribution in [0.15, 0.2) is 23.1 Å². The zero-order valence-electron chi connectivity index (χ0n) is 10.9. The Hall–Kier alpha value is -1.69. The zero-order valence-corrected chi connectivity index (χ0v) is 12.5. The second-order valence-corrected chi connectivity index (χ2v) is 6.92. The second kappa shape index (κ2) is 5.97. The number of nitriles is 1. The number of halogens is 1. The second-order valence-electron chi connectivity index (χ2n) is 4.62. The van der Waals surface area contributed by atoms with Gasteiger partial charge in [-0.05, 0) is 25.0 Å². The summed E-state index contributed by atoms with van der Waals surface area (Å²) in [5.74, 6) is 0. The molecule has 9 heteroatoms. The van der Waals surface area contributed by atoms with E-state index >= 15 is 0 Å². The van der Waals surface area contributed by atoms with Crippen molar-refractivity contribution in [3.8, 4) is 6.07 Å². The monoisotopic (exact) mass is 329 g/mol. The smallest absolute Gasteiger partial charge is 0.258 e. The first kappa shape index (κ1) is 15.7. The molecule has 0 amide bonds. The average Bonchev–Trinajstić information content (AvgIpc) is 3.23. The van der Waals surface area contributed by atoms with Gasteiger partial charge in [0.25, 0.3) is 5.69 Å². The summed E-state index contributed by atoms with van der Waals surface area (Å²) >= 11 is 5.69. The molecule has 0 aromatic heterocycles. The van der Waals surface area contributed by atoms with E-state index in [1.165, 1.54) is 10.4 Å². The molecule has 0 atom stereocenters. The Morgan fingerprint density at radius 3 is 2.67 bits per heavy atom. The number of nitro benzene ring substituents is 1. The lowest BCUT2D eigenvalue weighted by Gasteiger charge is -2.20. The summed E-state index contributed by atoms with van der Waals surface area (Å²) in [6.07, 6.45) is 1.44. The Morgan fingerprint density at radius 2 is 2.14 bits per heavy atom. The minimum Gasteiger partial charge on any atom is -0.258 e. The Kier molecular flexibility index (Phi) is 4.46. The normalized spacial score (nSPS) is 14.9. The molecular formula is C12H12ClN3O4S. The fourth-order valence-electron chi connectivity index (χ4n) is 2.00. The van der Waals surface area contributed by atoms with Crippen LogP contribution < -0.4 is 0 Å². The van der Waals surface area contributed by atoms with Gasteiger partial charge >= 0.3 is 0 Å². The van der Waals surface area contributed by atoms with Gasteiger partial charge in [-0.15, -0.1) is 0 Å². The fourth-order valence-corrected chi connectivity index (χ4v) is 3.99. The van der Waals surface area contributed by atoms with Crippen molar-refractivity contribution in [2.24, 2.45) is 0 Å². The van der Waals surface area contributed by atoms with Gasteiger partial charge in [0, 0.05) is 30.1 Å². The van der Waals surface area contributed by atoms with E-state index in [0.717, 1.165) is 12.1 Å². The Labute approximate surface area is 126 Å². The maximum Gasteiger partial charge on any atom is 0.290 e. The van der Waals surface area contributed by atoms with E-state index in [9.17, 15) is 18.5 Å². The summed E-state index contributed by atoms with van der Waals surface area (Å²) in [5, 5.41) is 19.8. The molecule has 112 valence electrons. The standard InChI is InChI=1S/C12H12ClN3O4S/c13-9-2-5-12(11(8-9)16(17)18)21(19,20)15(7-1-6-14)10-3-4-10/h2,5,8,10H,1,3-4,7H2. The fraction of sp³-hybridized carbons (Fsp3) is 0.417. The van der Waals surface area contributed by atoms with Crippen LogP contribution in [0.3, 0.4) is 0 Å². The van der Waals surface area contributed by atoms with E-state index in [0.29, 0.717) is 12.8 Å². The number of nitrogens with zero attached hydrogens (tertiary/aromatic N) is 3. The van der Waals surface area contributed by atoms with Gasteiger partial charge in [-0.2, -0.15) is 9.57 Å². The van der Waals surface area contributed by atoms with E-state index in [4.69, 9.17) is 16.9 Å². The summed E-state index contributed by atoms with van der Waals surface area (Å²) < 4.78 is 26.4. The van der Waals surface area contributed by atoms with Crippen molar-refractivity contribution in [3.05, 3.63) is 33.3 Å². The van der Waals surface area contributed by atoms with Crippen molar-refractivity contribution < 1.29 is 13.3 Å². The van der Waals surface area contributed by atoms with Gasteiger partial charge in [0.15, 0.2) is 4.90 Å². The van der Waals surface area contributed by atoms with Gasteiger partial charge in [-0.25, -0.2) is 8.42 Å². The summed E-state index contributed by atoms with van der Waals surface area (Å²) in [6.45, 7) is 0.0310.